The molecular weight excluding hydrogens is 355 g/mol. The Morgan fingerprint density at radius 1 is 1.25 bits per heavy atom. The molecule has 0 N–H and O–H groups in total. The summed E-state index contributed by atoms with van der Waals surface area (Å²) in [5.41, 5.74) is 0. The average Bonchev–Trinajstić information content (AvgIpc) is 1.00. The van der Waals surface area contributed by atoms with E-state index in [-0.39, 0.29) is 57.3 Å². The molecule has 3 heteroatoms. The van der Waals surface area contributed by atoms with Gasteiger partial charge in [-0.2, -0.15) is 0 Å². The quantitative estimate of drug-likeness (QED) is 0.566. The predicted molar refractivity (Wildman–Crippen MR) is 4.97 cm³/mol. The second kappa shape index (κ2) is 25.6. The molecule has 0 radical (unpaired) electrons. The number of hydrogen-bond donors (Lipinski definition) is 0. The summed E-state index contributed by atoms with van der Waals surface area (Å²) in [5.74, 6) is 0. The number of rotatable bonds is 0. The first kappa shape index (κ1) is 18.1. The van der Waals surface area contributed by atoms with Crippen LogP contribution < -0.4 is 0 Å². The van der Waals surface area contributed by atoms with Gasteiger partial charge in [-0.05, 0) is 0 Å². The van der Waals surface area contributed by atoms with E-state index in [1.54, 1.807) is 0 Å². The van der Waals surface area contributed by atoms with Gasteiger partial charge in [0.05, 0.1) is 0 Å². The molecule has 0 bridgehead atoms. The summed E-state index contributed by atoms with van der Waals surface area (Å²) in [6.45, 7) is 4.75. The minimum absolute atomic E-state index is 0. The standard InChI is InChI=1S/CN.U.Zr/c1-2;;/q-1;;. The van der Waals surface area contributed by atoms with Crippen molar-refractivity contribution < 1.29 is 57.3 Å². The Balaban J connectivity index is -0.00000000500. The summed E-state index contributed by atoms with van der Waals surface area (Å²) in [4.78, 5) is 0. The van der Waals surface area contributed by atoms with E-state index in [0.29, 0.717) is 0 Å². The number of hydrogen-bond acceptors (Lipinski definition) is 1. The van der Waals surface area contributed by atoms with E-state index in [9.17, 15) is 0 Å². The van der Waals surface area contributed by atoms with Crippen molar-refractivity contribution >= 4 is 0 Å². The molecule has 0 unspecified atom stereocenters. The summed E-state index contributed by atoms with van der Waals surface area (Å²) in [5, 5.41) is 6.25. The SMILES string of the molecule is [C-]#N.[U].[Zr]. The second-order valence-electron chi connectivity index (χ2n) is 0. The van der Waals surface area contributed by atoms with Crippen molar-refractivity contribution in [1.29, 1.82) is 5.26 Å². The summed E-state index contributed by atoms with van der Waals surface area (Å²) < 4.78 is 0. The molecule has 18 valence electrons. The first-order valence-corrected chi connectivity index (χ1v) is 0.224. The normalized spacial score (nSPS) is 0.500. The van der Waals surface area contributed by atoms with E-state index < -0.39 is 0 Å². The molecule has 0 aliphatic heterocycles. The molecule has 0 saturated heterocycles. The van der Waals surface area contributed by atoms with Crippen LogP contribution in [0.3, 0.4) is 0 Å². The minimum Gasteiger partial charge on any atom is -0.512 e. The van der Waals surface area contributed by atoms with Crippen LogP contribution in [0.25, 0.3) is 0 Å². The van der Waals surface area contributed by atoms with Gasteiger partial charge in [-0.25, -0.2) is 0 Å². The Labute approximate surface area is 68.3 Å². The molecule has 4 heavy (non-hydrogen) atoms. The van der Waals surface area contributed by atoms with Gasteiger partial charge >= 0.3 is 0 Å². The van der Waals surface area contributed by atoms with Gasteiger partial charge in [0.1, 0.15) is 0 Å². The van der Waals surface area contributed by atoms with Gasteiger partial charge < -0.3 is 11.8 Å². The zero-order chi connectivity index (χ0) is 2.00. The molecule has 0 aromatic rings. The topological polar surface area (TPSA) is 23.8 Å². The van der Waals surface area contributed by atoms with E-state index in [4.69, 9.17) is 11.8 Å². The third kappa shape index (κ3) is 9.92. The third-order valence-corrected chi connectivity index (χ3v) is 0. The Bertz CT molecular complexity index is 12.8. The second-order valence-corrected chi connectivity index (χ2v) is 0. The summed E-state index contributed by atoms with van der Waals surface area (Å²) in [7, 11) is 0. The maximum Gasteiger partial charge on any atom is 0 e. The van der Waals surface area contributed by atoms with Crippen LogP contribution in [-0.2, 0) is 26.2 Å². The van der Waals surface area contributed by atoms with Crippen molar-refractivity contribution in [2.75, 3.05) is 0 Å². The molecule has 0 atom stereocenters. The van der Waals surface area contributed by atoms with Gasteiger partial charge in [-0.15, -0.1) is 0 Å². The van der Waals surface area contributed by atoms with Crippen molar-refractivity contribution in [1.82, 2.24) is 0 Å². The third-order valence-electron chi connectivity index (χ3n) is 0. The van der Waals surface area contributed by atoms with E-state index >= 15 is 0 Å². The van der Waals surface area contributed by atoms with Gasteiger partial charge in [0.25, 0.3) is 0 Å². The van der Waals surface area contributed by atoms with Crippen LogP contribution in [0.5, 0.6) is 0 Å². The minimum atomic E-state index is 0. The molecule has 0 heterocycles. The summed E-state index contributed by atoms with van der Waals surface area (Å²) in [6.07, 6.45) is 0. The van der Waals surface area contributed by atoms with Crippen LogP contribution in [0.4, 0.5) is 0 Å². The molecule has 0 amide bonds. The molecule has 0 aliphatic rings. The first-order valence-electron chi connectivity index (χ1n) is 0.224. The monoisotopic (exact) mass is 354 g/mol. The zero-order valence-electron chi connectivity index (χ0n) is 1.95. The van der Waals surface area contributed by atoms with E-state index in [1.807, 2.05) is 0 Å². The van der Waals surface area contributed by atoms with Gasteiger partial charge in [0.2, 0.25) is 0 Å². The summed E-state index contributed by atoms with van der Waals surface area (Å²) in [6, 6.07) is 0. The van der Waals surface area contributed by atoms with Gasteiger partial charge in [-0.3, -0.25) is 0 Å². The van der Waals surface area contributed by atoms with Gasteiger partial charge in [-0.1, -0.05) is 0 Å². The van der Waals surface area contributed by atoms with Gasteiger partial charge in [0.15, 0.2) is 0 Å². The Morgan fingerprint density at radius 2 is 1.25 bits per heavy atom. The molecule has 1 nitrogen and oxygen atoms in total. The fourth-order valence-electron chi connectivity index (χ4n) is 0. The smallest absolute Gasteiger partial charge is 0 e. The Kier molecular flexibility index (Phi) is 115. The Morgan fingerprint density at radius 3 is 1.25 bits per heavy atom. The van der Waals surface area contributed by atoms with Crippen LogP contribution in [0.15, 0.2) is 0 Å². The zero-order valence-corrected chi connectivity index (χ0v) is 8.57. The van der Waals surface area contributed by atoms with Crippen LogP contribution in [0, 0.1) is 42.9 Å². The molecule has 0 aromatic carbocycles. The molecule has 0 saturated carbocycles. The van der Waals surface area contributed by atoms with Crippen LogP contribution in [0.2, 0.25) is 0 Å². The molecule has 0 spiro atoms. The molecule has 0 fully saturated rings. The maximum absolute atomic E-state index is 6.25. The van der Waals surface area contributed by atoms with Crippen molar-refractivity contribution in [2.24, 2.45) is 0 Å². The molecule has 0 rings (SSSR count). The fraction of sp³-hybridized carbons (Fsp3) is 0. The van der Waals surface area contributed by atoms with Crippen LogP contribution in [0.1, 0.15) is 0 Å². The Hall–Kier alpha value is 1.43. The fourth-order valence-corrected chi connectivity index (χ4v) is 0. The van der Waals surface area contributed by atoms with Gasteiger partial charge in [0, 0.05) is 57.3 Å². The van der Waals surface area contributed by atoms with E-state index in [2.05, 4.69) is 0 Å². The van der Waals surface area contributed by atoms with Crippen LogP contribution in [-0.4, -0.2) is 0 Å². The van der Waals surface area contributed by atoms with Crippen molar-refractivity contribution in [3.05, 3.63) is 6.57 Å². The average molecular weight is 355 g/mol. The van der Waals surface area contributed by atoms with E-state index in [0.717, 1.165) is 0 Å². The molecule has 0 aromatic heterocycles. The van der Waals surface area contributed by atoms with Crippen molar-refractivity contribution in [2.45, 2.75) is 0 Å². The predicted octanol–water partition coefficient (Wildman–Crippen LogP) is 0.0939. The molecular formula is CNUZr-. The number of nitrogens with zero attached hydrogens (tertiary/aromatic N) is 1. The van der Waals surface area contributed by atoms with Crippen molar-refractivity contribution in [3.63, 3.8) is 0 Å². The largest absolute Gasteiger partial charge is 0.512 e. The molecule has 0 aliphatic carbocycles. The summed E-state index contributed by atoms with van der Waals surface area (Å²) >= 11 is 0. The van der Waals surface area contributed by atoms with Crippen molar-refractivity contribution in [3.8, 4) is 0 Å². The first-order chi connectivity index (χ1) is 1.00. The van der Waals surface area contributed by atoms with Crippen LogP contribution >= 0.6 is 0 Å². The maximum atomic E-state index is 6.25. The van der Waals surface area contributed by atoms with E-state index in [1.165, 1.54) is 0 Å².